The van der Waals surface area contributed by atoms with Gasteiger partial charge < -0.3 is 14.8 Å². The average molecular weight is 441 g/mol. The standard InChI is InChI=1S/C26H23N3O4/c1-18-22(26(31)29(28-18)20-8-4-3-5-9-20)16-19-12-14-21(15-13-19)33-17-25(30)27-23-10-6-7-11-24(23)32-2/h3-16H,17H2,1-2H3,(H,27,30). The summed E-state index contributed by atoms with van der Waals surface area (Å²) >= 11 is 0. The van der Waals surface area contributed by atoms with Crippen molar-refractivity contribution in [1.82, 2.24) is 0 Å². The molecule has 1 heterocycles. The molecule has 1 aliphatic heterocycles. The van der Waals surface area contributed by atoms with Gasteiger partial charge in [0.15, 0.2) is 6.61 Å². The zero-order chi connectivity index (χ0) is 23.2. The van der Waals surface area contributed by atoms with Gasteiger partial charge in [-0.2, -0.15) is 10.1 Å². The minimum absolute atomic E-state index is 0.144. The normalized spacial score (nSPS) is 14.2. The number of carbonyl (C=O) groups is 2. The number of para-hydroxylation sites is 3. The second-order valence-electron chi connectivity index (χ2n) is 7.30. The van der Waals surface area contributed by atoms with Crippen molar-refractivity contribution in [3.8, 4) is 11.5 Å². The average Bonchev–Trinajstić information content (AvgIpc) is 3.13. The number of carbonyl (C=O) groups excluding carboxylic acids is 2. The number of methoxy groups -OCH3 is 1. The lowest BCUT2D eigenvalue weighted by Crippen LogP contribution is -2.21. The highest BCUT2D eigenvalue weighted by atomic mass is 16.5. The predicted octanol–water partition coefficient (Wildman–Crippen LogP) is 4.52. The Bertz CT molecular complexity index is 1220. The number of ether oxygens (including phenoxy) is 2. The van der Waals surface area contributed by atoms with Crippen molar-refractivity contribution in [3.05, 3.63) is 90.0 Å². The molecule has 3 aromatic rings. The second-order valence-corrected chi connectivity index (χ2v) is 7.30. The Labute approximate surface area is 191 Å². The fraction of sp³-hybridized carbons (Fsp3) is 0.115. The van der Waals surface area contributed by atoms with Crippen LogP contribution in [0.2, 0.25) is 0 Å². The maximum Gasteiger partial charge on any atom is 0.280 e. The molecular formula is C26H23N3O4. The van der Waals surface area contributed by atoms with Crippen LogP contribution in [-0.4, -0.2) is 31.2 Å². The van der Waals surface area contributed by atoms with Gasteiger partial charge in [0.05, 0.1) is 29.8 Å². The minimum Gasteiger partial charge on any atom is -0.495 e. The van der Waals surface area contributed by atoms with E-state index in [0.29, 0.717) is 28.5 Å². The van der Waals surface area contributed by atoms with Crippen molar-refractivity contribution in [2.45, 2.75) is 6.92 Å². The molecule has 0 spiro atoms. The van der Waals surface area contributed by atoms with E-state index in [2.05, 4.69) is 10.4 Å². The number of benzene rings is 3. The van der Waals surface area contributed by atoms with E-state index in [1.54, 1.807) is 37.5 Å². The van der Waals surface area contributed by atoms with Gasteiger partial charge >= 0.3 is 0 Å². The molecule has 166 valence electrons. The number of hydrazone groups is 1. The molecule has 7 nitrogen and oxygen atoms in total. The molecule has 3 aromatic carbocycles. The zero-order valence-corrected chi connectivity index (χ0v) is 18.3. The van der Waals surface area contributed by atoms with Crippen molar-refractivity contribution >= 4 is 35.0 Å². The highest BCUT2D eigenvalue weighted by molar-refractivity contribution is 6.32. The van der Waals surface area contributed by atoms with Gasteiger partial charge in [-0.25, -0.2) is 0 Å². The Hall–Kier alpha value is -4.39. The van der Waals surface area contributed by atoms with Crippen LogP contribution in [0.4, 0.5) is 11.4 Å². The van der Waals surface area contributed by atoms with Gasteiger partial charge in [-0.1, -0.05) is 42.5 Å². The highest BCUT2D eigenvalue weighted by Crippen LogP contribution is 2.25. The number of anilines is 2. The van der Waals surface area contributed by atoms with Crippen LogP contribution in [0.25, 0.3) is 6.08 Å². The molecule has 0 atom stereocenters. The lowest BCUT2D eigenvalue weighted by molar-refractivity contribution is -0.118. The van der Waals surface area contributed by atoms with E-state index in [1.807, 2.05) is 61.5 Å². The molecule has 0 radical (unpaired) electrons. The van der Waals surface area contributed by atoms with Gasteiger partial charge in [-0.15, -0.1) is 0 Å². The van der Waals surface area contributed by atoms with E-state index in [9.17, 15) is 9.59 Å². The molecule has 33 heavy (non-hydrogen) atoms. The first-order valence-electron chi connectivity index (χ1n) is 10.4. The quantitative estimate of drug-likeness (QED) is 0.547. The van der Waals surface area contributed by atoms with E-state index in [4.69, 9.17) is 9.47 Å². The molecule has 2 amide bonds. The Morgan fingerprint density at radius 3 is 2.42 bits per heavy atom. The van der Waals surface area contributed by atoms with Gasteiger partial charge in [0, 0.05) is 0 Å². The van der Waals surface area contributed by atoms with Crippen LogP contribution in [-0.2, 0) is 9.59 Å². The van der Waals surface area contributed by atoms with Gasteiger partial charge in [-0.3, -0.25) is 9.59 Å². The summed E-state index contributed by atoms with van der Waals surface area (Å²) in [5.74, 6) is 0.651. The van der Waals surface area contributed by atoms with Crippen molar-refractivity contribution in [1.29, 1.82) is 0 Å². The molecule has 0 saturated carbocycles. The third-order valence-corrected chi connectivity index (χ3v) is 5.01. The van der Waals surface area contributed by atoms with E-state index in [1.165, 1.54) is 5.01 Å². The van der Waals surface area contributed by atoms with E-state index in [-0.39, 0.29) is 18.4 Å². The molecule has 1 aliphatic rings. The van der Waals surface area contributed by atoms with Gasteiger partial charge in [0.2, 0.25) is 0 Å². The number of hydrogen-bond acceptors (Lipinski definition) is 5. The first kappa shape index (κ1) is 21.8. The maximum atomic E-state index is 12.8. The fourth-order valence-corrected chi connectivity index (χ4v) is 3.34. The van der Waals surface area contributed by atoms with E-state index >= 15 is 0 Å². The lowest BCUT2D eigenvalue weighted by Gasteiger charge is -2.11. The Kier molecular flexibility index (Phi) is 6.50. The summed E-state index contributed by atoms with van der Waals surface area (Å²) in [5.41, 5.74) is 3.31. The summed E-state index contributed by atoms with van der Waals surface area (Å²) in [6.45, 7) is 1.67. The molecule has 0 bridgehead atoms. The lowest BCUT2D eigenvalue weighted by atomic mass is 10.1. The van der Waals surface area contributed by atoms with Gasteiger partial charge in [0.25, 0.3) is 11.8 Å². The summed E-state index contributed by atoms with van der Waals surface area (Å²) < 4.78 is 10.8. The minimum atomic E-state index is -0.296. The molecule has 0 unspecified atom stereocenters. The third kappa shape index (κ3) is 5.10. The number of hydrogen-bond donors (Lipinski definition) is 1. The number of amides is 2. The summed E-state index contributed by atoms with van der Waals surface area (Å²) in [5, 5.41) is 8.55. The zero-order valence-electron chi connectivity index (χ0n) is 18.3. The second kappa shape index (κ2) is 9.82. The van der Waals surface area contributed by atoms with Crippen LogP contribution in [0.1, 0.15) is 12.5 Å². The number of nitrogens with zero attached hydrogens (tertiary/aromatic N) is 2. The van der Waals surface area contributed by atoms with Crippen molar-refractivity contribution < 1.29 is 19.1 Å². The van der Waals surface area contributed by atoms with Gasteiger partial charge in [-0.05, 0) is 55.0 Å². The van der Waals surface area contributed by atoms with Gasteiger partial charge in [0.1, 0.15) is 11.5 Å². The summed E-state index contributed by atoms with van der Waals surface area (Å²) in [7, 11) is 1.55. The van der Waals surface area contributed by atoms with E-state index < -0.39 is 0 Å². The summed E-state index contributed by atoms with van der Waals surface area (Å²) in [6.07, 6.45) is 1.79. The monoisotopic (exact) mass is 441 g/mol. The molecule has 0 fully saturated rings. The van der Waals surface area contributed by atoms with Crippen LogP contribution in [0, 0.1) is 0 Å². The van der Waals surface area contributed by atoms with E-state index in [0.717, 1.165) is 11.3 Å². The van der Waals surface area contributed by atoms with Crippen molar-refractivity contribution in [3.63, 3.8) is 0 Å². The molecule has 7 heteroatoms. The Morgan fingerprint density at radius 1 is 1.00 bits per heavy atom. The van der Waals surface area contributed by atoms with Crippen molar-refractivity contribution in [2.24, 2.45) is 5.10 Å². The summed E-state index contributed by atoms with van der Waals surface area (Å²) in [6, 6.07) is 23.6. The van der Waals surface area contributed by atoms with Crippen molar-refractivity contribution in [2.75, 3.05) is 24.0 Å². The number of nitrogens with one attached hydrogen (secondary N) is 1. The maximum absolute atomic E-state index is 12.8. The molecule has 4 rings (SSSR count). The molecule has 0 saturated heterocycles. The molecule has 0 aliphatic carbocycles. The smallest absolute Gasteiger partial charge is 0.280 e. The van der Waals surface area contributed by atoms with Crippen LogP contribution in [0.3, 0.4) is 0 Å². The van der Waals surface area contributed by atoms with Crippen LogP contribution < -0.4 is 19.8 Å². The van der Waals surface area contributed by atoms with Crippen LogP contribution in [0.15, 0.2) is 89.5 Å². The summed E-state index contributed by atoms with van der Waals surface area (Å²) in [4.78, 5) is 25.0. The molecule has 0 aromatic heterocycles. The highest BCUT2D eigenvalue weighted by Gasteiger charge is 2.28. The van der Waals surface area contributed by atoms with Crippen LogP contribution >= 0.6 is 0 Å². The fourth-order valence-electron chi connectivity index (χ4n) is 3.34. The van der Waals surface area contributed by atoms with Crippen LogP contribution in [0.5, 0.6) is 11.5 Å². The topological polar surface area (TPSA) is 80.2 Å². The molecule has 1 N–H and O–H groups in total. The molecular weight excluding hydrogens is 418 g/mol. The first-order chi connectivity index (χ1) is 16.0. The first-order valence-corrected chi connectivity index (χ1v) is 10.4. The number of rotatable bonds is 7. The Balaban J connectivity index is 1.37. The SMILES string of the molecule is COc1ccccc1NC(=O)COc1ccc(C=C2C(=O)N(c3ccccc3)N=C2C)cc1. The largest absolute Gasteiger partial charge is 0.495 e. The predicted molar refractivity (Wildman–Crippen MR) is 129 cm³/mol. The third-order valence-electron chi connectivity index (χ3n) is 5.01. The Morgan fingerprint density at radius 2 is 1.70 bits per heavy atom.